The summed E-state index contributed by atoms with van der Waals surface area (Å²) in [7, 11) is 0. The van der Waals surface area contributed by atoms with E-state index in [0.717, 1.165) is 37.0 Å². The summed E-state index contributed by atoms with van der Waals surface area (Å²) < 4.78 is 42.7. The normalized spacial score (nSPS) is 21.0. The van der Waals surface area contributed by atoms with Crippen LogP contribution in [-0.2, 0) is 17.6 Å². The molecule has 1 amide bonds. The van der Waals surface area contributed by atoms with Crippen molar-refractivity contribution in [2.75, 3.05) is 13.1 Å². The average Bonchev–Trinajstić information content (AvgIpc) is 3.16. The molecule has 10 heteroatoms. The minimum absolute atomic E-state index is 0. The van der Waals surface area contributed by atoms with Crippen molar-refractivity contribution < 1.29 is 18.0 Å². The van der Waals surface area contributed by atoms with Crippen molar-refractivity contribution in [3.05, 3.63) is 46.8 Å². The molecule has 6 nitrogen and oxygen atoms in total. The molecule has 0 radical (unpaired) electrons. The van der Waals surface area contributed by atoms with Gasteiger partial charge in [0.1, 0.15) is 17.5 Å². The number of likely N-dealkylation sites (tertiary alicyclic amines) is 1. The Bertz CT molecular complexity index is 983. The summed E-state index contributed by atoms with van der Waals surface area (Å²) in [6.07, 6.45) is 2.63. The SMILES string of the molecule is CC(C)c1nnc2n1[C@@H]1CCN(C(=O)C[C@H](N)Cc3cc(F)c(F)cc3F)C[C@@H]1CC2.Cl. The van der Waals surface area contributed by atoms with Gasteiger partial charge in [0.15, 0.2) is 11.6 Å². The van der Waals surface area contributed by atoms with Crippen molar-refractivity contribution in [3.63, 3.8) is 0 Å². The van der Waals surface area contributed by atoms with Gasteiger partial charge in [-0.15, -0.1) is 22.6 Å². The van der Waals surface area contributed by atoms with Crippen molar-refractivity contribution >= 4 is 18.3 Å². The van der Waals surface area contributed by atoms with Gasteiger partial charge in [0.25, 0.3) is 0 Å². The van der Waals surface area contributed by atoms with Gasteiger partial charge in [0.2, 0.25) is 5.91 Å². The van der Waals surface area contributed by atoms with E-state index >= 15 is 0 Å². The third kappa shape index (κ3) is 4.78. The van der Waals surface area contributed by atoms with Crippen molar-refractivity contribution in [3.8, 4) is 0 Å². The minimum Gasteiger partial charge on any atom is -0.342 e. The molecule has 2 aromatic rings. The molecule has 0 bridgehead atoms. The van der Waals surface area contributed by atoms with E-state index in [1.165, 1.54) is 0 Å². The molecule has 0 spiro atoms. The van der Waals surface area contributed by atoms with Crippen molar-refractivity contribution in [2.24, 2.45) is 11.7 Å². The van der Waals surface area contributed by atoms with Crippen LogP contribution in [0.2, 0.25) is 0 Å². The van der Waals surface area contributed by atoms with Crippen molar-refractivity contribution in [1.29, 1.82) is 0 Å². The van der Waals surface area contributed by atoms with Gasteiger partial charge in [0, 0.05) is 50.0 Å². The van der Waals surface area contributed by atoms with Gasteiger partial charge >= 0.3 is 0 Å². The molecular weight excluding hydrogens is 443 g/mol. The summed E-state index contributed by atoms with van der Waals surface area (Å²) in [6.45, 7) is 5.47. The number of nitrogens with two attached hydrogens (primary N) is 1. The van der Waals surface area contributed by atoms with E-state index in [-0.39, 0.29) is 42.6 Å². The van der Waals surface area contributed by atoms with Crippen molar-refractivity contribution in [1.82, 2.24) is 19.7 Å². The maximum atomic E-state index is 13.9. The fourth-order valence-corrected chi connectivity index (χ4v) is 4.88. The lowest BCUT2D eigenvalue weighted by Crippen LogP contribution is -2.47. The van der Waals surface area contributed by atoms with Crippen LogP contribution in [0.4, 0.5) is 13.2 Å². The summed E-state index contributed by atoms with van der Waals surface area (Å²) >= 11 is 0. The Hall–Kier alpha value is -2.13. The van der Waals surface area contributed by atoms with E-state index < -0.39 is 23.5 Å². The van der Waals surface area contributed by atoms with Gasteiger partial charge < -0.3 is 15.2 Å². The van der Waals surface area contributed by atoms with Gasteiger partial charge in [-0.05, 0) is 36.8 Å². The van der Waals surface area contributed by atoms with Crippen LogP contribution in [0.15, 0.2) is 12.1 Å². The molecule has 3 heterocycles. The smallest absolute Gasteiger partial charge is 0.224 e. The number of carbonyl (C=O) groups excluding carboxylic acids is 1. The molecule has 0 unspecified atom stereocenters. The van der Waals surface area contributed by atoms with Crippen molar-refractivity contribution in [2.45, 2.75) is 64.0 Å². The van der Waals surface area contributed by atoms with Crippen LogP contribution in [0.5, 0.6) is 0 Å². The zero-order valence-electron chi connectivity index (χ0n) is 18.2. The maximum Gasteiger partial charge on any atom is 0.224 e. The number of halogens is 4. The number of carbonyl (C=O) groups is 1. The highest BCUT2D eigenvalue weighted by Gasteiger charge is 2.38. The predicted molar refractivity (Wildman–Crippen MR) is 116 cm³/mol. The lowest BCUT2D eigenvalue weighted by molar-refractivity contribution is -0.134. The first-order valence-electron chi connectivity index (χ1n) is 10.8. The van der Waals surface area contributed by atoms with Gasteiger partial charge in [-0.25, -0.2) is 13.2 Å². The van der Waals surface area contributed by atoms with Crippen LogP contribution >= 0.6 is 12.4 Å². The second-order valence-electron chi connectivity index (χ2n) is 9.02. The zero-order valence-corrected chi connectivity index (χ0v) is 19.0. The number of amides is 1. The molecule has 1 aromatic heterocycles. The van der Waals surface area contributed by atoms with Crippen LogP contribution in [0, 0.1) is 23.4 Å². The molecule has 3 atom stereocenters. The molecule has 176 valence electrons. The van der Waals surface area contributed by atoms with E-state index in [9.17, 15) is 18.0 Å². The minimum atomic E-state index is -1.24. The van der Waals surface area contributed by atoms with E-state index in [4.69, 9.17) is 5.73 Å². The molecule has 1 aromatic carbocycles. The summed E-state index contributed by atoms with van der Waals surface area (Å²) in [5.74, 6) is -0.655. The molecule has 2 aliphatic heterocycles. The summed E-state index contributed by atoms with van der Waals surface area (Å²) in [4.78, 5) is 14.7. The van der Waals surface area contributed by atoms with Gasteiger partial charge in [-0.2, -0.15) is 0 Å². The molecule has 0 saturated carbocycles. The number of hydrogen-bond acceptors (Lipinski definition) is 4. The fourth-order valence-electron chi connectivity index (χ4n) is 4.88. The van der Waals surface area contributed by atoms with Crippen LogP contribution in [-0.4, -0.2) is 44.7 Å². The molecule has 1 saturated heterocycles. The molecule has 2 N–H and O–H groups in total. The Morgan fingerprint density at radius 1 is 1.16 bits per heavy atom. The fraction of sp³-hybridized carbons (Fsp3) is 0.591. The summed E-state index contributed by atoms with van der Waals surface area (Å²) in [5.41, 5.74) is 6.03. The molecular formula is C22H29ClF3N5O. The molecule has 32 heavy (non-hydrogen) atoms. The Kier molecular flexibility index (Phi) is 7.50. The third-order valence-corrected chi connectivity index (χ3v) is 6.43. The van der Waals surface area contributed by atoms with Crippen LogP contribution < -0.4 is 5.73 Å². The Balaban J connectivity index is 0.00000289. The lowest BCUT2D eigenvalue weighted by Gasteiger charge is -2.42. The maximum absolute atomic E-state index is 13.9. The van der Waals surface area contributed by atoms with E-state index in [1.54, 1.807) is 0 Å². The number of fused-ring (bicyclic) bond motifs is 3. The summed E-state index contributed by atoms with van der Waals surface area (Å²) in [5, 5.41) is 8.73. The molecule has 0 aliphatic carbocycles. The Morgan fingerprint density at radius 3 is 2.59 bits per heavy atom. The second-order valence-corrected chi connectivity index (χ2v) is 9.02. The highest BCUT2D eigenvalue weighted by molar-refractivity contribution is 5.85. The quantitative estimate of drug-likeness (QED) is 0.677. The first kappa shape index (κ1) is 24.5. The highest BCUT2D eigenvalue weighted by Crippen LogP contribution is 2.38. The van der Waals surface area contributed by atoms with Crippen LogP contribution in [0.3, 0.4) is 0 Å². The van der Waals surface area contributed by atoms with Gasteiger partial charge in [-0.1, -0.05) is 13.8 Å². The molecule has 1 fully saturated rings. The average molecular weight is 472 g/mol. The number of hydrogen-bond donors (Lipinski definition) is 1. The monoisotopic (exact) mass is 471 g/mol. The predicted octanol–water partition coefficient (Wildman–Crippen LogP) is 3.54. The van der Waals surface area contributed by atoms with Crippen LogP contribution in [0.25, 0.3) is 0 Å². The number of benzene rings is 1. The topological polar surface area (TPSA) is 77.0 Å². The Morgan fingerprint density at radius 2 is 1.88 bits per heavy atom. The number of piperidine rings is 1. The van der Waals surface area contributed by atoms with Crippen LogP contribution in [0.1, 0.15) is 62.3 Å². The first-order chi connectivity index (χ1) is 14.7. The third-order valence-electron chi connectivity index (χ3n) is 6.43. The number of aromatic nitrogens is 3. The van der Waals surface area contributed by atoms with Gasteiger partial charge in [0.05, 0.1) is 0 Å². The zero-order chi connectivity index (χ0) is 22.3. The molecule has 2 aliphatic rings. The van der Waals surface area contributed by atoms with Gasteiger partial charge in [-0.3, -0.25) is 4.79 Å². The number of aryl methyl sites for hydroxylation is 1. The number of rotatable bonds is 5. The Labute approximate surface area is 191 Å². The largest absolute Gasteiger partial charge is 0.342 e. The second kappa shape index (κ2) is 9.79. The lowest BCUT2D eigenvalue weighted by atomic mass is 9.84. The highest BCUT2D eigenvalue weighted by atomic mass is 35.5. The van der Waals surface area contributed by atoms with E-state index in [1.807, 2.05) is 4.90 Å². The standard InChI is InChI=1S/C22H28F3N5O.ClH/c1-12(2)22-28-27-20-4-3-13-11-29(6-5-19(13)30(20)22)21(31)9-15(26)7-14-8-17(24)18(25)10-16(14)23;/h8,10,12-13,15,19H,3-7,9,11,26H2,1-2H3;1H/t13-,15+,19+;/m0./s1. The summed E-state index contributed by atoms with van der Waals surface area (Å²) in [6, 6.07) is 0.946. The first-order valence-corrected chi connectivity index (χ1v) is 10.8. The van der Waals surface area contributed by atoms with E-state index in [2.05, 4.69) is 28.6 Å². The van der Waals surface area contributed by atoms with E-state index in [0.29, 0.717) is 31.1 Å². The number of nitrogens with zero attached hydrogens (tertiary/aromatic N) is 4. The molecule has 4 rings (SSSR count).